The number of nitrogens with zero attached hydrogens (tertiary/aromatic N) is 2. The molecule has 0 aliphatic carbocycles. The quantitative estimate of drug-likeness (QED) is 0.400. The fourth-order valence-electron chi connectivity index (χ4n) is 4.07. The van der Waals surface area contributed by atoms with E-state index in [1.54, 1.807) is 0 Å². The molecule has 0 amide bonds. The molecule has 2 aliphatic heterocycles. The van der Waals surface area contributed by atoms with E-state index in [-0.39, 0.29) is 5.78 Å². The summed E-state index contributed by atoms with van der Waals surface area (Å²) < 4.78 is 5.84. The first-order valence-electron chi connectivity index (χ1n) is 10.3. The minimum atomic E-state index is 0.170. The van der Waals surface area contributed by atoms with Crippen molar-refractivity contribution < 1.29 is 9.53 Å². The van der Waals surface area contributed by atoms with Crippen molar-refractivity contribution in [3.8, 4) is 18.1 Å². The molecule has 2 aliphatic rings. The number of terminal acetylenes is 1. The molecule has 1 aromatic carbocycles. The third kappa shape index (κ3) is 5.82. The van der Waals surface area contributed by atoms with Crippen LogP contribution >= 0.6 is 0 Å². The van der Waals surface area contributed by atoms with Crippen LogP contribution in [0.3, 0.4) is 0 Å². The molecule has 4 heteroatoms. The number of ether oxygens (including phenoxy) is 1. The number of hydrogen-bond donors (Lipinski definition) is 0. The molecule has 4 nitrogen and oxygen atoms in total. The number of carbonyl (C=O) groups is 1. The zero-order valence-corrected chi connectivity index (χ0v) is 16.5. The molecule has 0 aromatic heterocycles. The van der Waals surface area contributed by atoms with Gasteiger partial charge in [-0.3, -0.25) is 9.69 Å². The van der Waals surface area contributed by atoms with Crippen LogP contribution in [0.4, 0.5) is 0 Å². The van der Waals surface area contributed by atoms with Crippen LogP contribution in [0.15, 0.2) is 24.3 Å². The van der Waals surface area contributed by atoms with Gasteiger partial charge in [0.1, 0.15) is 5.75 Å². The van der Waals surface area contributed by atoms with Gasteiger partial charge in [0, 0.05) is 24.1 Å². The molecule has 0 saturated carbocycles. The summed E-state index contributed by atoms with van der Waals surface area (Å²) in [6.45, 7) is 7.66. The SMILES string of the molecule is C#CC1CCN(CC(=O)c2ccc(OCCCN3CCC[C@H]3C)cc2)CC1. The Morgan fingerprint density at radius 2 is 1.93 bits per heavy atom. The maximum atomic E-state index is 12.5. The van der Waals surface area contributed by atoms with Crippen LogP contribution < -0.4 is 4.74 Å². The molecule has 0 unspecified atom stereocenters. The number of piperidine rings is 1. The summed E-state index contributed by atoms with van der Waals surface area (Å²) in [6.07, 6.45) is 11.1. The Labute approximate surface area is 163 Å². The van der Waals surface area contributed by atoms with Crippen LogP contribution in [0.25, 0.3) is 0 Å². The number of rotatable bonds is 8. The number of ketones is 1. The van der Waals surface area contributed by atoms with Crippen LogP contribution in [-0.2, 0) is 0 Å². The maximum absolute atomic E-state index is 12.5. The van der Waals surface area contributed by atoms with E-state index in [4.69, 9.17) is 11.2 Å². The second-order valence-corrected chi connectivity index (χ2v) is 7.89. The normalized spacial score (nSPS) is 21.9. The molecule has 2 heterocycles. The summed E-state index contributed by atoms with van der Waals surface area (Å²) in [5.74, 6) is 4.22. The minimum Gasteiger partial charge on any atom is -0.494 e. The van der Waals surface area contributed by atoms with Crippen LogP contribution in [0.1, 0.15) is 49.4 Å². The lowest BCUT2D eigenvalue weighted by molar-refractivity contribution is 0.0906. The van der Waals surface area contributed by atoms with E-state index in [2.05, 4.69) is 22.6 Å². The third-order valence-electron chi connectivity index (χ3n) is 5.92. The van der Waals surface area contributed by atoms with Gasteiger partial charge in [0.2, 0.25) is 0 Å². The molecule has 1 aromatic rings. The number of carbonyl (C=O) groups excluding carboxylic acids is 1. The molecule has 2 saturated heterocycles. The lowest BCUT2D eigenvalue weighted by Gasteiger charge is -2.29. The Balaban J connectivity index is 1.38. The van der Waals surface area contributed by atoms with Crippen molar-refractivity contribution in [1.82, 2.24) is 9.80 Å². The summed E-state index contributed by atoms with van der Waals surface area (Å²) >= 11 is 0. The molecule has 27 heavy (non-hydrogen) atoms. The van der Waals surface area contributed by atoms with E-state index < -0.39 is 0 Å². The Morgan fingerprint density at radius 3 is 2.56 bits per heavy atom. The molecule has 0 N–H and O–H groups in total. The largest absolute Gasteiger partial charge is 0.494 e. The Hall–Kier alpha value is -1.83. The number of Topliss-reactive ketones (excluding diaryl/α,β-unsaturated/α-hetero) is 1. The highest BCUT2D eigenvalue weighted by Gasteiger charge is 2.20. The molecule has 3 rings (SSSR count). The third-order valence-corrected chi connectivity index (χ3v) is 5.92. The van der Waals surface area contributed by atoms with Crippen molar-refractivity contribution in [1.29, 1.82) is 0 Å². The molecule has 0 spiro atoms. The predicted molar refractivity (Wildman–Crippen MR) is 109 cm³/mol. The Morgan fingerprint density at radius 1 is 1.19 bits per heavy atom. The van der Waals surface area contributed by atoms with Gasteiger partial charge in [0.05, 0.1) is 13.2 Å². The monoisotopic (exact) mass is 368 g/mol. The van der Waals surface area contributed by atoms with Crippen LogP contribution in [0, 0.1) is 18.3 Å². The minimum absolute atomic E-state index is 0.170. The number of hydrogen-bond acceptors (Lipinski definition) is 4. The summed E-state index contributed by atoms with van der Waals surface area (Å²) in [5.41, 5.74) is 0.757. The molecular weight excluding hydrogens is 336 g/mol. The first kappa shape index (κ1) is 19.9. The summed E-state index contributed by atoms with van der Waals surface area (Å²) in [5, 5.41) is 0. The number of likely N-dealkylation sites (tertiary alicyclic amines) is 2. The van der Waals surface area contributed by atoms with Gasteiger partial charge in [-0.25, -0.2) is 0 Å². The molecule has 0 radical (unpaired) electrons. The second kappa shape index (κ2) is 9.92. The molecule has 146 valence electrons. The lowest BCUT2D eigenvalue weighted by Crippen LogP contribution is -2.37. The number of benzene rings is 1. The van der Waals surface area contributed by atoms with Crippen LogP contribution in [0.5, 0.6) is 5.75 Å². The molecule has 0 bridgehead atoms. The fraction of sp³-hybridized carbons (Fsp3) is 0.609. The van der Waals surface area contributed by atoms with Gasteiger partial charge < -0.3 is 9.64 Å². The van der Waals surface area contributed by atoms with Gasteiger partial charge in [0.25, 0.3) is 0 Å². The van der Waals surface area contributed by atoms with Gasteiger partial charge in [-0.2, -0.15) is 0 Å². The van der Waals surface area contributed by atoms with E-state index in [1.165, 1.54) is 19.4 Å². The van der Waals surface area contributed by atoms with Crippen molar-refractivity contribution in [2.45, 2.75) is 45.1 Å². The van der Waals surface area contributed by atoms with Gasteiger partial charge >= 0.3 is 0 Å². The molecule has 1 atom stereocenters. The summed E-state index contributed by atoms with van der Waals surface area (Å²) in [7, 11) is 0. The highest BCUT2D eigenvalue weighted by atomic mass is 16.5. The summed E-state index contributed by atoms with van der Waals surface area (Å²) in [4.78, 5) is 17.2. The van der Waals surface area contributed by atoms with E-state index in [9.17, 15) is 4.79 Å². The van der Waals surface area contributed by atoms with E-state index in [0.717, 1.165) is 56.8 Å². The highest BCUT2D eigenvalue weighted by molar-refractivity contribution is 5.97. The van der Waals surface area contributed by atoms with Crippen molar-refractivity contribution >= 4 is 5.78 Å². The van der Waals surface area contributed by atoms with Crippen molar-refractivity contribution in [2.75, 3.05) is 39.3 Å². The lowest BCUT2D eigenvalue weighted by atomic mass is 9.97. The van der Waals surface area contributed by atoms with Crippen LogP contribution in [0.2, 0.25) is 0 Å². The van der Waals surface area contributed by atoms with Crippen molar-refractivity contribution in [3.05, 3.63) is 29.8 Å². The van der Waals surface area contributed by atoms with E-state index in [1.807, 2.05) is 24.3 Å². The van der Waals surface area contributed by atoms with Gasteiger partial charge in [0.15, 0.2) is 5.78 Å². The van der Waals surface area contributed by atoms with E-state index >= 15 is 0 Å². The van der Waals surface area contributed by atoms with Gasteiger partial charge in [-0.15, -0.1) is 12.3 Å². The van der Waals surface area contributed by atoms with Crippen molar-refractivity contribution in [3.63, 3.8) is 0 Å². The predicted octanol–water partition coefficient (Wildman–Crippen LogP) is 3.47. The maximum Gasteiger partial charge on any atom is 0.176 e. The van der Waals surface area contributed by atoms with Gasteiger partial charge in [-0.1, -0.05) is 0 Å². The van der Waals surface area contributed by atoms with E-state index in [0.29, 0.717) is 18.5 Å². The smallest absolute Gasteiger partial charge is 0.176 e. The average Bonchev–Trinajstić information content (AvgIpc) is 3.11. The average molecular weight is 369 g/mol. The second-order valence-electron chi connectivity index (χ2n) is 7.89. The first-order chi connectivity index (χ1) is 13.2. The summed E-state index contributed by atoms with van der Waals surface area (Å²) in [6, 6.07) is 8.31. The molecule has 2 fully saturated rings. The fourth-order valence-corrected chi connectivity index (χ4v) is 4.07. The zero-order valence-electron chi connectivity index (χ0n) is 16.5. The Bertz CT molecular complexity index is 641. The standard InChI is InChI=1S/C23H32N2O2/c1-3-20-11-15-24(16-12-20)18-23(26)21-7-9-22(10-8-21)27-17-5-14-25-13-4-6-19(25)2/h1,7-10,19-20H,4-6,11-18H2,2H3/t19-/m1/s1. The topological polar surface area (TPSA) is 32.8 Å². The van der Waals surface area contributed by atoms with Crippen LogP contribution in [-0.4, -0.2) is 61.0 Å². The zero-order chi connectivity index (χ0) is 19.1. The van der Waals surface area contributed by atoms with Crippen molar-refractivity contribution in [2.24, 2.45) is 5.92 Å². The Kier molecular flexibility index (Phi) is 7.32. The highest BCUT2D eigenvalue weighted by Crippen LogP contribution is 2.19. The first-order valence-corrected chi connectivity index (χ1v) is 10.3. The molecular formula is C23H32N2O2. The van der Waals surface area contributed by atoms with Gasteiger partial charge in [-0.05, 0) is 82.9 Å².